The summed E-state index contributed by atoms with van der Waals surface area (Å²) in [5, 5.41) is 0. The van der Waals surface area contributed by atoms with Crippen molar-refractivity contribution < 1.29 is 18.7 Å². The summed E-state index contributed by atoms with van der Waals surface area (Å²) in [6.07, 6.45) is 2.09. The highest BCUT2D eigenvalue weighted by Gasteiger charge is 2.33. The molecular weight excluding hydrogens is 393 g/mol. The van der Waals surface area contributed by atoms with E-state index in [0.29, 0.717) is 30.2 Å². The van der Waals surface area contributed by atoms with E-state index in [1.54, 1.807) is 26.8 Å². The molecule has 4 nitrogen and oxygen atoms in total. The van der Waals surface area contributed by atoms with Crippen LogP contribution in [0.3, 0.4) is 0 Å². The zero-order chi connectivity index (χ0) is 22.2. The van der Waals surface area contributed by atoms with Gasteiger partial charge in [0, 0.05) is 31.1 Å². The molecule has 0 radical (unpaired) electrons. The molecule has 0 N–H and O–H groups in total. The van der Waals surface area contributed by atoms with Crippen LogP contribution >= 0.6 is 0 Å². The molecule has 2 aliphatic rings. The van der Waals surface area contributed by atoms with Gasteiger partial charge in [0.1, 0.15) is 17.2 Å². The van der Waals surface area contributed by atoms with E-state index in [4.69, 9.17) is 9.47 Å². The van der Waals surface area contributed by atoms with Crippen molar-refractivity contribution >= 4 is 5.97 Å². The lowest BCUT2D eigenvalue weighted by atomic mass is 9.96. The second kappa shape index (κ2) is 8.62. The zero-order valence-electron chi connectivity index (χ0n) is 18.9. The first-order chi connectivity index (χ1) is 14.7. The van der Waals surface area contributed by atoms with Crippen molar-refractivity contribution in [3.63, 3.8) is 0 Å². The van der Waals surface area contributed by atoms with Gasteiger partial charge >= 0.3 is 5.97 Å². The molecule has 0 unspecified atom stereocenters. The van der Waals surface area contributed by atoms with Gasteiger partial charge in [-0.2, -0.15) is 0 Å². The van der Waals surface area contributed by atoms with Crippen LogP contribution in [-0.4, -0.2) is 36.2 Å². The van der Waals surface area contributed by atoms with E-state index < -0.39 is 17.4 Å². The van der Waals surface area contributed by atoms with Crippen molar-refractivity contribution in [2.24, 2.45) is 5.92 Å². The summed E-state index contributed by atoms with van der Waals surface area (Å²) in [5.74, 6) is 0.131. The Morgan fingerprint density at radius 3 is 2.45 bits per heavy atom. The molecule has 1 saturated carbocycles. The minimum atomic E-state index is -0.661. The van der Waals surface area contributed by atoms with E-state index in [0.717, 1.165) is 31.5 Å². The Kier molecular flexibility index (Phi) is 6.07. The first-order valence-corrected chi connectivity index (χ1v) is 11.2. The van der Waals surface area contributed by atoms with Crippen molar-refractivity contribution in [1.29, 1.82) is 0 Å². The monoisotopic (exact) mass is 425 g/mol. The van der Waals surface area contributed by atoms with Gasteiger partial charge in [-0.05, 0) is 63.6 Å². The summed E-state index contributed by atoms with van der Waals surface area (Å²) in [6.45, 7) is 10.1. The fraction of sp³-hybridized carbons (Fsp3) is 0.500. The Hall–Kier alpha value is -2.40. The van der Waals surface area contributed by atoms with E-state index in [9.17, 15) is 9.18 Å². The van der Waals surface area contributed by atoms with Crippen LogP contribution in [-0.2, 0) is 4.74 Å². The molecule has 2 aromatic rings. The molecular formula is C26H32FNO3. The topological polar surface area (TPSA) is 38.8 Å². The smallest absolute Gasteiger partial charge is 0.341 e. The molecule has 2 aromatic carbocycles. The van der Waals surface area contributed by atoms with Crippen molar-refractivity contribution in [2.45, 2.75) is 58.1 Å². The van der Waals surface area contributed by atoms with Gasteiger partial charge < -0.3 is 9.47 Å². The maximum Gasteiger partial charge on any atom is 0.341 e. The van der Waals surface area contributed by atoms with Crippen molar-refractivity contribution in [3.8, 4) is 5.75 Å². The minimum Gasteiger partial charge on any atom is -0.493 e. The minimum absolute atomic E-state index is 0.00400. The van der Waals surface area contributed by atoms with E-state index in [1.807, 2.05) is 6.07 Å². The number of carbonyl (C=O) groups excluding carboxylic acids is 1. The molecule has 0 spiro atoms. The van der Waals surface area contributed by atoms with Crippen LogP contribution in [0.5, 0.6) is 5.75 Å². The molecule has 5 heteroatoms. The molecule has 1 atom stereocenters. The van der Waals surface area contributed by atoms with Gasteiger partial charge in [-0.3, -0.25) is 4.90 Å². The standard InChI is InChI=1S/C26H32FNO3/c1-17(19-8-6-5-7-9-19)28-14-18(15-28)16-30-24-13-23(27)22(12-21(24)20-10-11-20)25(29)31-26(2,3)4/h5-9,12-13,17-18,20H,10-11,14-16H2,1-4H3/t17-/m0/s1. The number of carbonyl (C=O) groups is 1. The van der Waals surface area contributed by atoms with Gasteiger partial charge in [-0.25, -0.2) is 9.18 Å². The molecule has 0 aromatic heterocycles. The van der Waals surface area contributed by atoms with Gasteiger partial charge in [-0.15, -0.1) is 0 Å². The third-order valence-electron chi connectivity index (χ3n) is 6.03. The van der Waals surface area contributed by atoms with Crippen LogP contribution in [0, 0.1) is 11.7 Å². The summed E-state index contributed by atoms with van der Waals surface area (Å²) in [6, 6.07) is 13.9. The fourth-order valence-electron chi connectivity index (χ4n) is 4.08. The Bertz CT molecular complexity index is 928. The highest BCUT2D eigenvalue weighted by molar-refractivity contribution is 5.90. The number of halogens is 1. The van der Waals surface area contributed by atoms with Crippen LogP contribution < -0.4 is 4.74 Å². The fourth-order valence-corrected chi connectivity index (χ4v) is 4.08. The molecule has 1 aliphatic carbocycles. The average molecular weight is 426 g/mol. The number of rotatable bonds is 7. The van der Waals surface area contributed by atoms with Crippen LogP contribution in [0.1, 0.15) is 74.0 Å². The largest absolute Gasteiger partial charge is 0.493 e. The summed E-state index contributed by atoms with van der Waals surface area (Å²) in [7, 11) is 0. The number of esters is 1. The van der Waals surface area contributed by atoms with E-state index >= 15 is 0 Å². The SMILES string of the molecule is C[C@@H](c1ccccc1)N1CC(COc2cc(F)c(C(=O)OC(C)(C)C)cc2C2CC2)C1. The number of hydrogen-bond donors (Lipinski definition) is 0. The lowest BCUT2D eigenvalue weighted by Gasteiger charge is -2.43. The summed E-state index contributed by atoms with van der Waals surface area (Å²) in [4.78, 5) is 14.8. The van der Waals surface area contributed by atoms with Crippen LogP contribution in [0.25, 0.3) is 0 Å². The highest BCUT2D eigenvalue weighted by Crippen LogP contribution is 2.45. The zero-order valence-corrected chi connectivity index (χ0v) is 18.9. The Labute approximate surface area is 184 Å². The lowest BCUT2D eigenvalue weighted by Crippen LogP contribution is -2.50. The van der Waals surface area contributed by atoms with Gasteiger partial charge in [0.2, 0.25) is 0 Å². The lowest BCUT2D eigenvalue weighted by molar-refractivity contribution is 0.00643. The van der Waals surface area contributed by atoms with E-state index in [2.05, 4.69) is 36.1 Å². The van der Waals surface area contributed by atoms with Crippen LogP contribution in [0.15, 0.2) is 42.5 Å². The molecule has 1 heterocycles. The second-order valence-corrected chi connectivity index (χ2v) is 9.86. The number of benzene rings is 2. The first kappa shape index (κ1) is 21.8. The van der Waals surface area contributed by atoms with Gasteiger partial charge in [-0.1, -0.05) is 30.3 Å². The van der Waals surface area contributed by atoms with Gasteiger partial charge in [0.05, 0.1) is 12.2 Å². The molecule has 1 saturated heterocycles. The molecule has 0 amide bonds. The van der Waals surface area contributed by atoms with Gasteiger partial charge in [0.25, 0.3) is 0 Å². The molecule has 31 heavy (non-hydrogen) atoms. The predicted octanol–water partition coefficient (Wildman–Crippen LogP) is 5.73. The summed E-state index contributed by atoms with van der Waals surface area (Å²) >= 11 is 0. The van der Waals surface area contributed by atoms with Crippen molar-refractivity contribution in [1.82, 2.24) is 4.90 Å². The number of hydrogen-bond acceptors (Lipinski definition) is 4. The molecule has 1 aliphatic heterocycles. The highest BCUT2D eigenvalue weighted by atomic mass is 19.1. The average Bonchev–Trinajstić information content (AvgIpc) is 3.51. The molecule has 0 bridgehead atoms. The quantitative estimate of drug-likeness (QED) is 0.531. The maximum atomic E-state index is 14.7. The van der Waals surface area contributed by atoms with Crippen molar-refractivity contribution in [3.05, 3.63) is 65.0 Å². The second-order valence-electron chi connectivity index (χ2n) is 9.86. The molecule has 4 rings (SSSR count). The summed E-state index contributed by atoms with van der Waals surface area (Å²) in [5.41, 5.74) is 1.58. The number of ether oxygens (including phenoxy) is 2. The predicted molar refractivity (Wildman–Crippen MR) is 119 cm³/mol. The van der Waals surface area contributed by atoms with E-state index in [1.165, 1.54) is 11.6 Å². The maximum absolute atomic E-state index is 14.7. The van der Waals surface area contributed by atoms with Gasteiger partial charge in [0.15, 0.2) is 0 Å². The third-order valence-corrected chi connectivity index (χ3v) is 6.03. The van der Waals surface area contributed by atoms with Crippen LogP contribution in [0.2, 0.25) is 0 Å². The third kappa shape index (κ3) is 5.27. The Morgan fingerprint density at radius 1 is 1.16 bits per heavy atom. The Balaban J connectivity index is 1.38. The summed E-state index contributed by atoms with van der Waals surface area (Å²) < 4.78 is 26.2. The Morgan fingerprint density at radius 2 is 1.84 bits per heavy atom. The molecule has 166 valence electrons. The van der Waals surface area contributed by atoms with Crippen molar-refractivity contribution in [2.75, 3.05) is 19.7 Å². The molecule has 2 fully saturated rings. The van der Waals surface area contributed by atoms with E-state index in [-0.39, 0.29) is 5.56 Å². The normalized spacial score (nSPS) is 18.4. The van der Waals surface area contributed by atoms with Crippen LogP contribution in [0.4, 0.5) is 4.39 Å². The number of likely N-dealkylation sites (tertiary alicyclic amines) is 1. The number of nitrogens with zero attached hydrogens (tertiary/aromatic N) is 1. The first-order valence-electron chi connectivity index (χ1n) is 11.2.